The van der Waals surface area contributed by atoms with Crippen molar-refractivity contribution >= 4 is 33.0 Å². The van der Waals surface area contributed by atoms with Crippen LogP contribution in [0.4, 0.5) is 0 Å². The number of fused-ring (bicyclic) bond motifs is 1. The molecule has 1 N–H and O–H groups in total. The highest BCUT2D eigenvalue weighted by molar-refractivity contribution is 7.19. The van der Waals surface area contributed by atoms with Crippen LogP contribution < -0.4 is 5.32 Å². The van der Waals surface area contributed by atoms with Crippen LogP contribution in [0.1, 0.15) is 31.6 Å². The Bertz CT molecular complexity index is 569. The third-order valence-electron chi connectivity index (χ3n) is 3.90. The Morgan fingerprint density at radius 1 is 1.33 bits per heavy atom. The van der Waals surface area contributed by atoms with Gasteiger partial charge in [-0.2, -0.15) is 0 Å². The van der Waals surface area contributed by atoms with E-state index in [1.165, 1.54) is 27.8 Å². The maximum Gasteiger partial charge on any atom is 0.0636 e. The molecular formula is C15H18ClNS. The molecule has 3 rings (SSSR count). The summed E-state index contributed by atoms with van der Waals surface area (Å²) >= 11 is 8.25. The van der Waals surface area contributed by atoms with Crippen LogP contribution in [0, 0.1) is 5.92 Å². The highest BCUT2D eigenvalue weighted by atomic mass is 35.5. The fraction of sp³-hybridized carbons (Fsp3) is 0.467. The SMILES string of the molecule is CC(C)(NCc1sc2ccccc2c1Cl)C1CC1. The van der Waals surface area contributed by atoms with Crippen LogP contribution in [0.5, 0.6) is 0 Å². The monoisotopic (exact) mass is 279 g/mol. The summed E-state index contributed by atoms with van der Waals surface area (Å²) in [4.78, 5) is 1.26. The van der Waals surface area contributed by atoms with E-state index >= 15 is 0 Å². The summed E-state index contributed by atoms with van der Waals surface area (Å²) in [5.74, 6) is 0.839. The first-order chi connectivity index (χ1) is 8.58. The minimum atomic E-state index is 0.236. The van der Waals surface area contributed by atoms with Gasteiger partial charge in [-0.05, 0) is 38.7 Å². The first-order valence-corrected chi connectivity index (χ1v) is 7.68. The second-order valence-corrected chi connectivity index (χ2v) is 7.20. The molecular weight excluding hydrogens is 262 g/mol. The summed E-state index contributed by atoms with van der Waals surface area (Å²) in [6.45, 7) is 5.47. The molecule has 1 heterocycles. The molecule has 3 heteroatoms. The van der Waals surface area contributed by atoms with Gasteiger partial charge in [0.15, 0.2) is 0 Å². The van der Waals surface area contributed by atoms with Crippen molar-refractivity contribution in [2.75, 3.05) is 0 Å². The Labute approximate surface area is 117 Å². The molecule has 2 aromatic rings. The van der Waals surface area contributed by atoms with Gasteiger partial charge in [-0.25, -0.2) is 0 Å². The topological polar surface area (TPSA) is 12.0 Å². The minimum Gasteiger partial charge on any atom is -0.307 e. The van der Waals surface area contributed by atoms with Crippen molar-refractivity contribution in [3.05, 3.63) is 34.2 Å². The van der Waals surface area contributed by atoms with Crippen molar-refractivity contribution in [3.63, 3.8) is 0 Å². The van der Waals surface area contributed by atoms with Gasteiger partial charge in [-0.3, -0.25) is 0 Å². The van der Waals surface area contributed by atoms with E-state index in [4.69, 9.17) is 11.6 Å². The molecule has 0 unspecified atom stereocenters. The summed E-state index contributed by atoms with van der Waals surface area (Å²) in [5, 5.41) is 5.78. The Balaban J connectivity index is 1.80. The minimum absolute atomic E-state index is 0.236. The van der Waals surface area contributed by atoms with Crippen LogP contribution in [0.3, 0.4) is 0 Å². The molecule has 0 aliphatic heterocycles. The van der Waals surface area contributed by atoms with E-state index in [0.717, 1.165) is 17.5 Å². The Hall–Kier alpha value is -0.570. The average molecular weight is 280 g/mol. The molecule has 18 heavy (non-hydrogen) atoms. The summed E-state index contributed by atoms with van der Waals surface area (Å²) < 4.78 is 1.28. The number of thiophene rings is 1. The number of rotatable bonds is 4. The zero-order valence-electron chi connectivity index (χ0n) is 10.8. The Morgan fingerprint density at radius 2 is 2.06 bits per heavy atom. The lowest BCUT2D eigenvalue weighted by molar-refractivity contribution is 0.341. The molecule has 0 spiro atoms. The lowest BCUT2D eigenvalue weighted by atomic mass is 9.99. The number of hydrogen-bond acceptors (Lipinski definition) is 2. The number of benzene rings is 1. The van der Waals surface area contributed by atoms with Crippen molar-refractivity contribution in [2.45, 2.75) is 38.8 Å². The Kier molecular flexibility index (Phi) is 3.13. The van der Waals surface area contributed by atoms with Gasteiger partial charge in [0, 0.05) is 27.0 Å². The zero-order chi connectivity index (χ0) is 12.8. The fourth-order valence-electron chi connectivity index (χ4n) is 2.44. The molecule has 1 aliphatic carbocycles. The van der Waals surface area contributed by atoms with E-state index in [0.29, 0.717) is 0 Å². The smallest absolute Gasteiger partial charge is 0.0636 e. The van der Waals surface area contributed by atoms with Gasteiger partial charge >= 0.3 is 0 Å². The van der Waals surface area contributed by atoms with E-state index in [1.54, 1.807) is 11.3 Å². The molecule has 0 saturated heterocycles. The van der Waals surface area contributed by atoms with Crippen molar-refractivity contribution in [2.24, 2.45) is 5.92 Å². The van der Waals surface area contributed by atoms with Crippen LogP contribution in [-0.4, -0.2) is 5.54 Å². The molecule has 1 aliphatic rings. The van der Waals surface area contributed by atoms with Gasteiger partial charge in [0.25, 0.3) is 0 Å². The molecule has 0 bridgehead atoms. The van der Waals surface area contributed by atoms with E-state index in [-0.39, 0.29) is 5.54 Å². The van der Waals surface area contributed by atoms with Crippen molar-refractivity contribution < 1.29 is 0 Å². The van der Waals surface area contributed by atoms with E-state index < -0.39 is 0 Å². The van der Waals surface area contributed by atoms with E-state index in [1.807, 2.05) is 6.07 Å². The number of nitrogens with one attached hydrogen (secondary N) is 1. The molecule has 1 saturated carbocycles. The highest BCUT2D eigenvalue weighted by Crippen LogP contribution is 2.40. The van der Waals surface area contributed by atoms with Gasteiger partial charge < -0.3 is 5.32 Å². The molecule has 1 aromatic carbocycles. The quantitative estimate of drug-likeness (QED) is 0.845. The van der Waals surface area contributed by atoms with Crippen molar-refractivity contribution in [3.8, 4) is 0 Å². The van der Waals surface area contributed by atoms with E-state index in [2.05, 4.69) is 37.4 Å². The maximum atomic E-state index is 6.45. The van der Waals surface area contributed by atoms with Gasteiger partial charge in [-0.1, -0.05) is 29.8 Å². The summed E-state index contributed by atoms with van der Waals surface area (Å²) in [6.07, 6.45) is 2.72. The van der Waals surface area contributed by atoms with Gasteiger partial charge in [0.05, 0.1) is 5.02 Å². The molecule has 1 nitrogen and oxygen atoms in total. The number of hydrogen-bond donors (Lipinski definition) is 1. The normalized spacial score (nSPS) is 16.4. The first kappa shape index (κ1) is 12.5. The van der Waals surface area contributed by atoms with Gasteiger partial charge in [0.2, 0.25) is 0 Å². The van der Waals surface area contributed by atoms with Crippen molar-refractivity contribution in [1.82, 2.24) is 5.32 Å². The highest BCUT2D eigenvalue weighted by Gasteiger charge is 2.37. The summed E-state index contributed by atoms with van der Waals surface area (Å²) in [5.41, 5.74) is 0.236. The third kappa shape index (κ3) is 2.29. The predicted octanol–water partition coefficient (Wildman–Crippen LogP) is 4.83. The fourth-order valence-corrected chi connectivity index (χ4v) is 3.88. The molecule has 0 atom stereocenters. The van der Waals surface area contributed by atoms with Crippen LogP contribution >= 0.6 is 22.9 Å². The van der Waals surface area contributed by atoms with E-state index in [9.17, 15) is 0 Å². The van der Waals surface area contributed by atoms with Crippen molar-refractivity contribution in [1.29, 1.82) is 0 Å². The molecule has 0 amide bonds. The second-order valence-electron chi connectivity index (χ2n) is 5.68. The van der Waals surface area contributed by atoms with Crippen LogP contribution in [0.2, 0.25) is 5.02 Å². The van der Waals surface area contributed by atoms with Crippen LogP contribution in [0.15, 0.2) is 24.3 Å². The molecule has 1 aromatic heterocycles. The second kappa shape index (κ2) is 4.52. The summed E-state index contributed by atoms with van der Waals surface area (Å²) in [6, 6.07) is 8.36. The molecule has 0 radical (unpaired) electrons. The average Bonchev–Trinajstić information content (AvgIpc) is 3.15. The first-order valence-electron chi connectivity index (χ1n) is 6.49. The third-order valence-corrected chi connectivity index (χ3v) is 5.62. The maximum absolute atomic E-state index is 6.45. The largest absolute Gasteiger partial charge is 0.307 e. The summed E-state index contributed by atoms with van der Waals surface area (Å²) in [7, 11) is 0. The number of halogens is 1. The Morgan fingerprint density at radius 3 is 2.72 bits per heavy atom. The van der Waals surface area contributed by atoms with Crippen LogP contribution in [0.25, 0.3) is 10.1 Å². The standard InChI is InChI=1S/C15H18ClNS/c1-15(2,10-7-8-10)17-9-13-14(16)11-5-3-4-6-12(11)18-13/h3-6,10,17H,7-9H2,1-2H3. The lowest BCUT2D eigenvalue weighted by Crippen LogP contribution is -2.40. The molecule has 1 fully saturated rings. The van der Waals surface area contributed by atoms with Gasteiger partial charge in [0.1, 0.15) is 0 Å². The lowest BCUT2D eigenvalue weighted by Gasteiger charge is -2.26. The van der Waals surface area contributed by atoms with Gasteiger partial charge in [-0.15, -0.1) is 11.3 Å². The zero-order valence-corrected chi connectivity index (χ0v) is 12.4. The van der Waals surface area contributed by atoms with Crippen LogP contribution in [-0.2, 0) is 6.54 Å². The predicted molar refractivity (Wildman–Crippen MR) is 80.5 cm³/mol. The molecule has 96 valence electrons.